The molecule has 0 unspecified atom stereocenters. The zero-order chi connectivity index (χ0) is 27.4. The van der Waals surface area contributed by atoms with Crippen LogP contribution in [-0.4, -0.2) is 69.3 Å². The third kappa shape index (κ3) is 6.24. The first-order valence-corrected chi connectivity index (χ1v) is 14.4. The lowest BCUT2D eigenvalue weighted by molar-refractivity contribution is -0.129. The van der Waals surface area contributed by atoms with Crippen LogP contribution in [0.5, 0.6) is 0 Å². The maximum absolute atomic E-state index is 12.2. The number of amides is 2. The monoisotopic (exact) mass is 531 g/mol. The van der Waals surface area contributed by atoms with Crippen LogP contribution in [0.1, 0.15) is 80.3 Å². The Bertz CT molecular complexity index is 1170. The molecular formula is C30H41N7O2. The molecule has 4 N–H and O–H groups in total. The molecule has 2 aromatic rings. The molecule has 0 spiro atoms. The molecule has 39 heavy (non-hydrogen) atoms. The van der Waals surface area contributed by atoms with Crippen molar-refractivity contribution in [3.8, 4) is 0 Å². The summed E-state index contributed by atoms with van der Waals surface area (Å²) in [6, 6.07) is 9.19. The fourth-order valence-corrected chi connectivity index (χ4v) is 6.52. The number of nitrogens with two attached hydrogens (primary N) is 1. The number of nitrogens with zero attached hydrogens (tertiary/aromatic N) is 4. The molecule has 3 heterocycles. The van der Waals surface area contributed by atoms with Crippen LogP contribution in [0.2, 0.25) is 0 Å². The van der Waals surface area contributed by atoms with Crippen molar-refractivity contribution in [2.75, 3.05) is 30.3 Å². The Morgan fingerprint density at radius 1 is 1.03 bits per heavy atom. The molecule has 2 saturated heterocycles. The van der Waals surface area contributed by atoms with Gasteiger partial charge < -0.3 is 26.2 Å². The third-order valence-corrected chi connectivity index (χ3v) is 8.80. The van der Waals surface area contributed by atoms with Gasteiger partial charge in [-0.2, -0.15) is 0 Å². The molecule has 1 aliphatic carbocycles. The first kappa shape index (κ1) is 27.1. The van der Waals surface area contributed by atoms with Crippen LogP contribution in [0.25, 0.3) is 0 Å². The second-order valence-electron chi connectivity index (χ2n) is 11.2. The Labute approximate surface area is 231 Å². The fraction of sp³-hybridized carbons (Fsp3) is 0.533. The summed E-state index contributed by atoms with van der Waals surface area (Å²) in [5, 5.41) is 6.66. The van der Waals surface area contributed by atoms with Crippen molar-refractivity contribution in [3.05, 3.63) is 54.4 Å². The second-order valence-corrected chi connectivity index (χ2v) is 11.2. The lowest BCUT2D eigenvalue weighted by Gasteiger charge is -2.39. The van der Waals surface area contributed by atoms with Crippen molar-refractivity contribution in [2.24, 2.45) is 5.73 Å². The molecule has 1 saturated carbocycles. The Morgan fingerprint density at radius 3 is 2.41 bits per heavy atom. The van der Waals surface area contributed by atoms with Crippen LogP contribution in [0.4, 0.5) is 17.3 Å². The summed E-state index contributed by atoms with van der Waals surface area (Å²) in [6.07, 6.45) is 12.5. The lowest BCUT2D eigenvalue weighted by atomic mass is 9.88. The number of carbonyl (C=O) groups is 2. The number of carbonyl (C=O) groups excluding carboxylic acids is 2. The number of hydrogen-bond donors (Lipinski definition) is 3. The van der Waals surface area contributed by atoms with E-state index in [4.69, 9.17) is 5.73 Å². The standard InChI is InChI=1S/C30H41N7O2/c1-3-27(38)37-16-6-9-25(20(37)2)34-26-19-32-28(29(31)39)30(35-26)33-23-12-10-21(11-13-23)22-14-17-36(18-15-22)24-7-4-5-8-24/h3,10-13,19-20,22,24-25H,1,4-9,14-18H2,2H3,(H2,31,39)(H2,33,34,35)/t20-,25-/m1/s1. The van der Waals surface area contributed by atoms with E-state index in [1.54, 1.807) is 0 Å². The van der Waals surface area contributed by atoms with Gasteiger partial charge >= 0.3 is 0 Å². The highest BCUT2D eigenvalue weighted by Gasteiger charge is 2.31. The van der Waals surface area contributed by atoms with Gasteiger partial charge in [-0.05, 0) is 88.2 Å². The van der Waals surface area contributed by atoms with Gasteiger partial charge in [0.1, 0.15) is 5.82 Å². The summed E-state index contributed by atoms with van der Waals surface area (Å²) in [5.74, 6) is 0.700. The molecule has 0 radical (unpaired) electrons. The number of anilines is 3. The molecule has 1 aromatic heterocycles. The normalized spacial score (nSPS) is 22.9. The first-order chi connectivity index (χ1) is 18.9. The summed E-state index contributed by atoms with van der Waals surface area (Å²) in [7, 11) is 0. The maximum Gasteiger partial charge on any atom is 0.271 e. The summed E-state index contributed by atoms with van der Waals surface area (Å²) in [6.45, 7) is 8.72. The van der Waals surface area contributed by atoms with E-state index in [9.17, 15) is 9.59 Å². The van der Waals surface area contributed by atoms with Crippen LogP contribution in [-0.2, 0) is 4.79 Å². The van der Waals surface area contributed by atoms with Crippen LogP contribution in [0.3, 0.4) is 0 Å². The van der Waals surface area contributed by atoms with Crippen molar-refractivity contribution in [2.45, 2.75) is 82.3 Å². The Hall–Kier alpha value is -3.46. The molecule has 2 atom stereocenters. The molecule has 3 aliphatic rings. The Balaban J connectivity index is 1.24. The summed E-state index contributed by atoms with van der Waals surface area (Å²) < 4.78 is 0. The van der Waals surface area contributed by atoms with Gasteiger partial charge in [-0.25, -0.2) is 9.97 Å². The quantitative estimate of drug-likeness (QED) is 0.432. The van der Waals surface area contributed by atoms with Gasteiger partial charge in [-0.15, -0.1) is 0 Å². The minimum atomic E-state index is -0.643. The van der Waals surface area contributed by atoms with Gasteiger partial charge in [0, 0.05) is 30.4 Å². The molecular weight excluding hydrogens is 490 g/mol. The van der Waals surface area contributed by atoms with E-state index in [1.807, 2.05) is 24.0 Å². The molecule has 2 amide bonds. The highest BCUT2D eigenvalue weighted by Crippen LogP contribution is 2.33. The Kier molecular flexibility index (Phi) is 8.45. The van der Waals surface area contributed by atoms with E-state index in [0.717, 1.165) is 24.6 Å². The lowest BCUT2D eigenvalue weighted by Crippen LogP contribution is -2.51. The first-order valence-electron chi connectivity index (χ1n) is 14.4. The fourth-order valence-electron chi connectivity index (χ4n) is 6.52. The summed E-state index contributed by atoms with van der Waals surface area (Å²) in [5.41, 5.74) is 7.88. The predicted molar refractivity (Wildman–Crippen MR) is 154 cm³/mol. The van der Waals surface area contributed by atoms with Gasteiger partial charge in [-0.3, -0.25) is 9.59 Å². The van der Waals surface area contributed by atoms with E-state index < -0.39 is 5.91 Å². The molecule has 3 fully saturated rings. The number of hydrogen-bond acceptors (Lipinski definition) is 7. The predicted octanol–water partition coefficient (Wildman–Crippen LogP) is 4.42. The minimum absolute atomic E-state index is 0.00333. The van der Waals surface area contributed by atoms with Gasteiger partial charge in [0.25, 0.3) is 5.91 Å². The molecule has 5 rings (SSSR count). The minimum Gasteiger partial charge on any atom is -0.364 e. The summed E-state index contributed by atoms with van der Waals surface area (Å²) in [4.78, 5) is 37.8. The smallest absolute Gasteiger partial charge is 0.271 e. The van der Waals surface area contributed by atoms with E-state index >= 15 is 0 Å². The van der Waals surface area contributed by atoms with Crippen molar-refractivity contribution in [1.29, 1.82) is 0 Å². The molecule has 208 valence electrons. The SMILES string of the molecule is C=CC(=O)N1CCC[C@@H](Nc2cnc(C(N)=O)c(Nc3ccc(C4CCN(C5CCCC5)CC4)cc3)n2)[C@H]1C. The van der Waals surface area contributed by atoms with Gasteiger partial charge in [0.15, 0.2) is 11.5 Å². The number of aromatic nitrogens is 2. The van der Waals surface area contributed by atoms with Gasteiger partial charge in [0.05, 0.1) is 6.20 Å². The third-order valence-electron chi connectivity index (χ3n) is 8.80. The number of piperidine rings is 2. The van der Waals surface area contributed by atoms with Gasteiger partial charge in [0.2, 0.25) is 5.91 Å². The average Bonchev–Trinajstić information content (AvgIpc) is 3.50. The number of benzene rings is 1. The van der Waals surface area contributed by atoms with E-state index in [-0.39, 0.29) is 23.7 Å². The van der Waals surface area contributed by atoms with Crippen LogP contribution in [0.15, 0.2) is 43.1 Å². The average molecular weight is 532 g/mol. The van der Waals surface area contributed by atoms with Crippen molar-refractivity contribution < 1.29 is 9.59 Å². The highest BCUT2D eigenvalue weighted by atomic mass is 16.2. The van der Waals surface area contributed by atoms with Crippen LogP contribution >= 0.6 is 0 Å². The number of primary amides is 1. The number of rotatable bonds is 8. The van der Waals surface area contributed by atoms with Crippen molar-refractivity contribution >= 4 is 29.1 Å². The van der Waals surface area contributed by atoms with E-state index in [1.165, 1.54) is 69.5 Å². The molecule has 0 bridgehead atoms. The topological polar surface area (TPSA) is 116 Å². The zero-order valence-electron chi connectivity index (χ0n) is 22.9. The summed E-state index contributed by atoms with van der Waals surface area (Å²) >= 11 is 0. The van der Waals surface area contributed by atoms with Crippen molar-refractivity contribution in [1.82, 2.24) is 19.8 Å². The van der Waals surface area contributed by atoms with E-state index in [0.29, 0.717) is 24.1 Å². The molecule has 1 aromatic carbocycles. The highest BCUT2D eigenvalue weighted by molar-refractivity contribution is 5.96. The van der Waals surface area contributed by atoms with Crippen molar-refractivity contribution in [3.63, 3.8) is 0 Å². The van der Waals surface area contributed by atoms with Crippen LogP contribution < -0.4 is 16.4 Å². The van der Waals surface area contributed by atoms with Crippen LogP contribution in [0, 0.1) is 0 Å². The number of likely N-dealkylation sites (tertiary alicyclic amines) is 2. The van der Waals surface area contributed by atoms with E-state index in [2.05, 4.69) is 44.2 Å². The molecule has 2 aliphatic heterocycles. The largest absolute Gasteiger partial charge is 0.364 e. The maximum atomic E-state index is 12.2. The zero-order valence-corrected chi connectivity index (χ0v) is 22.9. The van der Waals surface area contributed by atoms with Gasteiger partial charge in [-0.1, -0.05) is 31.6 Å². The Morgan fingerprint density at radius 2 is 1.74 bits per heavy atom. The molecule has 9 heteroatoms. The molecule has 9 nitrogen and oxygen atoms in total. The number of nitrogens with one attached hydrogen (secondary N) is 2. The second kappa shape index (κ2) is 12.2.